The number of carbonyl (C=O) groups excluding carboxylic acids is 2. The van der Waals surface area contributed by atoms with E-state index in [1.165, 1.54) is 26.8 Å². The Morgan fingerprint density at radius 2 is 1.67 bits per heavy atom. The summed E-state index contributed by atoms with van der Waals surface area (Å²) < 4.78 is 12.1. The van der Waals surface area contributed by atoms with Crippen LogP contribution in [0.5, 0.6) is 0 Å². The highest BCUT2D eigenvalue weighted by Crippen LogP contribution is 2.67. The summed E-state index contributed by atoms with van der Waals surface area (Å²) in [6.45, 7) is 15.4. The lowest BCUT2D eigenvalue weighted by molar-refractivity contribution is -0.370. The standard InChI is InChI=1S/C24H39NO7.CH2O3/c1-9-21(6)12-13(26)24(30)22(7)14(31-18(29)20(4,5)25)10-11-19(2,3)16(22)15(27)17(28)23(24,8)32-21;2-1(3)4/h9,14-17,27-28,30H,1,10-12,25H2,2-8H3;(H2,2,3,4)/t14-,15-,16-,17-,21-,22-,23+,24-;/m0./s1. The van der Waals surface area contributed by atoms with Gasteiger partial charge >= 0.3 is 12.1 Å². The molecule has 0 aromatic carbocycles. The third-order valence-electron chi connectivity index (χ3n) is 8.50. The van der Waals surface area contributed by atoms with Gasteiger partial charge in [-0.3, -0.25) is 9.59 Å². The molecule has 3 fully saturated rings. The average molecular weight is 516 g/mol. The van der Waals surface area contributed by atoms with Gasteiger partial charge in [0.25, 0.3) is 0 Å². The number of carbonyl (C=O) groups is 3. The second kappa shape index (κ2) is 9.05. The van der Waals surface area contributed by atoms with Gasteiger partial charge in [-0.1, -0.05) is 26.8 Å². The van der Waals surface area contributed by atoms with E-state index in [1.54, 1.807) is 13.8 Å². The Hall–Kier alpha value is -2.05. The van der Waals surface area contributed by atoms with Crippen LogP contribution < -0.4 is 5.73 Å². The van der Waals surface area contributed by atoms with Crippen molar-refractivity contribution in [1.29, 1.82) is 0 Å². The molecule has 0 aromatic rings. The van der Waals surface area contributed by atoms with E-state index in [4.69, 9.17) is 30.2 Å². The summed E-state index contributed by atoms with van der Waals surface area (Å²) in [5.41, 5.74) is -2.62. The zero-order valence-corrected chi connectivity index (χ0v) is 22.1. The molecule has 2 aliphatic carbocycles. The smallest absolute Gasteiger partial charge is 0.460 e. The van der Waals surface area contributed by atoms with E-state index in [0.29, 0.717) is 12.8 Å². The number of ether oxygens (including phenoxy) is 2. The molecule has 2 saturated carbocycles. The van der Waals surface area contributed by atoms with E-state index < -0.39 is 75.3 Å². The molecule has 1 heterocycles. The second-order valence-corrected chi connectivity index (χ2v) is 12.2. The molecule has 1 saturated heterocycles. The Morgan fingerprint density at radius 1 is 1.17 bits per heavy atom. The van der Waals surface area contributed by atoms with Crippen LogP contribution >= 0.6 is 0 Å². The topological polar surface area (TPSA) is 197 Å². The van der Waals surface area contributed by atoms with Crippen molar-refractivity contribution in [2.24, 2.45) is 22.5 Å². The highest BCUT2D eigenvalue weighted by Gasteiger charge is 2.81. The fourth-order valence-electron chi connectivity index (χ4n) is 6.76. The number of nitrogens with two attached hydrogens (primary N) is 1. The highest BCUT2D eigenvalue weighted by atomic mass is 16.6. The van der Waals surface area contributed by atoms with Crippen LogP contribution in [-0.2, 0) is 19.1 Å². The van der Waals surface area contributed by atoms with Crippen molar-refractivity contribution >= 4 is 17.9 Å². The van der Waals surface area contributed by atoms with Gasteiger partial charge in [0.1, 0.15) is 23.3 Å². The Bertz CT molecular complexity index is 924. The molecule has 0 radical (unpaired) electrons. The van der Waals surface area contributed by atoms with E-state index in [1.807, 2.05) is 13.8 Å². The number of fused-ring (bicyclic) bond motifs is 3. The summed E-state index contributed by atoms with van der Waals surface area (Å²) in [6, 6.07) is 0. The first-order chi connectivity index (χ1) is 16.0. The van der Waals surface area contributed by atoms with Crippen molar-refractivity contribution in [3.8, 4) is 0 Å². The molecule has 36 heavy (non-hydrogen) atoms. The summed E-state index contributed by atoms with van der Waals surface area (Å²) in [4.78, 5) is 35.1. The molecule has 1 aliphatic heterocycles. The lowest BCUT2D eigenvalue weighted by Crippen LogP contribution is -2.86. The number of carboxylic acid groups (broad SMARTS) is 2. The van der Waals surface area contributed by atoms with Crippen LogP contribution in [-0.4, -0.2) is 84.1 Å². The fourth-order valence-corrected chi connectivity index (χ4v) is 6.76. The zero-order valence-electron chi connectivity index (χ0n) is 22.1. The third kappa shape index (κ3) is 4.34. The van der Waals surface area contributed by atoms with E-state index in [9.17, 15) is 24.9 Å². The van der Waals surface area contributed by atoms with Gasteiger partial charge in [-0.2, -0.15) is 0 Å². The first-order valence-electron chi connectivity index (χ1n) is 11.9. The van der Waals surface area contributed by atoms with Gasteiger partial charge in [-0.25, -0.2) is 4.79 Å². The second-order valence-electron chi connectivity index (χ2n) is 12.2. The molecule has 3 aliphatic rings. The van der Waals surface area contributed by atoms with Crippen LogP contribution in [0.15, 0.2) is 12.7 Å². The molecule has 3 rings (SSSR count). The number of esters is 1. The lowest BCUT2D eigenvalue weighted by Gasteiger charge is -2.71. The molecular formula is C25H41NO10. The van der Waals surface area contributed by atoms with E-state index >= 15 is 0 Å². The van der Waals surface area contributed by atoms with Crippen LogP contribution in [0.25, 0.3) is 0 Å². The Labute approximate surface area is 211 Å². The van der Waals surface area contributed by atoms with Crippen LogP contribution in [0, 0.1) is 16.7 Å². The number of rotatable bonds is 3. The van der Waals surface area contributed by atoms with Gasteiger partial charge < -0.3 is 40.7 Å². The molecule has 0 spiro atoms. The summed E-state index contributed by atoms with van der Waals surface area (Å²) in [5.74, 6) is -1.98. The number of aliphatic hydroxyl groups excluding tert-OH is 2. The molecule has 0 amide bonds. The van der Waals surface area contributed by atoms with E-state index in [2.05, 4.69) is 6.58 Å². The third-order valence-corrected chi connectivity index (χ3v) is 8.50. The Balaban J connectivity index is 0.00000106. The number of hydrogen-bond donors (Lipinski definition) is 6. The first-order valence-corrected chi connectivity index (χ1v) is 11.9. The van der Waals surface area contributed by atoms with Gasteiger partial charge in [-0.15, -0.1) is 6.58 Å². The van der Waals surface area contributed by atoms with Gasteiger partial charge in [-0.05, 0) is 46.0 Å². The Kier molecular flexibility index (Phi) is 7.59. The van der Waals surface area contributed by atoms with Crippen molar-refractivity contribution in [3.63, 3.8) is 0 Å². The molecule has 11 heteroatoms. The highest BCUT2D eigenvalue weighted by molar-refractivity contribution is 5.92. The number of aliphatic hydroxyl groups is 3. The predicted molar refractivity (Wildman–Crippen MR) is 128 cm³/mol. The van der Waals surface area contributed by atoms with Crippen LogP contribution in [0.3, 0.4) is 0 Å². The minimum atomic E-state index is -2.24. The SMILES string of the molecule is C=C[C@@]1(C)CC(=O)[C@]2(O)[C@@]3(C)[C@@H](OC(=O)C(C)(C)N)CCC(C)(C)[C@@H]3[C@H](O)[C@H](O)[C@@]2(C)O1.O=C(O)O. The first kappa shape index (κ1) is 30.2. The lowest BCUT2D eigenvalue weighted by atomic mass is 9.39. The summed E-state index contributed by atoms with van der Waals surface area (Å²) in [6.07, 6.45) is -3.47. The monoisotopic (exact) mass is 515 g/mol. The van der Waals surface area contributed by atoms with Crippen molar-refractivity contribution in [3.05, 3.63) is 12.7 Å². The van der Waals surface area contributed by atoms with Crippen molar-refractivity contribution < 1.29 is 49.4 Å². The van der Waals surface area contributed by atoms with Crippen molar-refractivity contribution in [1.82, 2.24) is 0 Å². The van der Waals surface area contributed by atoms with E-state index in [-0.39, 0.29) is 6.42 Å². The Morgan fingerprint density at radius 3 is 2.11 bits per heavy atom. The molecule has 0 bridgehead atoms. The maximum absolute atomic E-state index is 13.7. The van der Waals surface area contributed by atoms with E-state index in [0.717, 1.165) is 0 Å². The van der Waals surface area contributed by atoms with Gasteiger partial charge in [0.15, 0.2) is 11.4 Å². The normalized spacial score (nSPS) is 43.7. The molecule has 11 nitrogen and oxygen atoms in total. The number of Topliss-reactive ketones (excluding diaryl/α,β-unsaturated/α-hetero) is 1. The maximum atomic E-state index is 13.7. The quantitative estimate of drug-likeness (QED) is 0.235. The van der Waals surface area contributed by atoms with Gasteiger partial charge in [0.05, 0.1) is 11.7 Å². The largest absolute Gasteiger partial charge is 0.503 e. The summed E-state index contributed by atoms with van der Waals surface area (Å²) in [7, 11) is 0. The molecular weight excluding hydrogens is 474 g/mol. The maximum Gasteiger partial charge on any atom is 0.503 e. The molecule has 0 aromatic heterocycles. The molecule has 0 unspecified atom stereocenters. The van der Waals surface area contributed by atoms with Gasteiger partial charge in [0, 0.05) is 17.8 Å². The fraction of sp³-hybridized carbons (Fsp3) is 0.800. The molecule has 206 valence electrons. The van der Waals surface area contributed by atoms with Crippen LogP contribution in [0.1, 0.15) is 67.7 Å². The van der Waals surface area contributed by atoms with Crippen LogP contribution in [0.4, 0.5) is 4.79 Å². The van der Waals surface area contributed by atoms with Gasteiger partial charge in [0.2, 0.25) is 0 Å². The number of hydrogen-bond acceptors (Lipinski definition) is 9. The summed E-state index contributed by atoms with van der Waals surface area (Å²) in [5, 5.41) is 48.9. The average Bonchev–Trinajstić information content (AvgIpc) is 2.71. The van der Waals surface area contributed by atoms with Crippen molar-refractivity contribution in [2.75, 3.05) is 0 Å². The number of ketones is 1. The summed E-state index contributed by atoms with van der Waals surface area (Å²) >= 11 is 0. The molecule has 8 atom stereocenters. The minimum absolute atomic E-state index is 0.169. The van der Waals surface area contributed by atoms with Crippen molar-refractivity contribution in [2.45, 2.75) is 108 Å². The molecule has 7 N–H and O–H groups in total. The predicted octanol–water partition coefficient (Wildman–Crippen LogP) is 1.46. The zero-order chi connectivity index (χ0) is 28.3. The minimum Gasteiger partial charge on any atom is -0.460 e. The van der Waals surface area contributed by atoms with Crippen LogP contribution in [0.2, 0.25) is 0 Å².